The van der Waals surface area contributed by atoms with Gasteiger partial charge in [0.25, 0.3) is 5.91 Å². The minimum Gasteiger partial charge on any atom is -0.365 e. The standard InChI is InChI=1S/C16H24N4O2/c1-15(2)10-20(11-16(22-15)8-4-5-9-16)13-7-6-12(18-19-13)14(21)17-3/h6-7H,4-5,8-11H2,1-3H3,(H,17,21). The number of carbonyl (C=O) groups is 1. The Morgan fingerprint density at radius 3 is 2.55 bits per heavy atom. The zero-order chi connectivity index (χ0) is 15.8. The van der Waals surface area contributed by atoms with E-state index < -0.39 is 0 Å². The van der Waals surface area contributed by atoms with Crippen LogP contribution in [-0.2, 0) is 4.74 Å². The Bertz CT molecular complexity index is 550. The average Bonchev–Trinajstić information content (AvgIpc) is 2.92. The molecule has 1 aromatic rings. The lowest BCUT2D eigenvalue weighted by Crippen LogP contribution is -2.59. The molecular formula is C16H24N4O2. The number of rotatable bonds is 2. The maximum absolute atomic E-state index is 11.6. The zero-order valence-electron chi connectivity index (χ0n) is 13.6. The van der Waals surface area contributed by atoms with Crippen LogP contribution in [0.4, 0.5) is 5.82 Å². The first-order valence-electron chi connectivity index (χ1n) is 7.94. The molecule has 120 valence electrons. The lowest BCUT2D eigenvalue weighted by atomic mass is 9.94. The van der Waals surface area contributed by atoms with Gasteiger partial charge in [0.2, 0.25) is 0 Å². The maximum Gasteiger partial charge on any atom is 0.271 e. The van der Waals surface area contributed by atoms with E-state index in [-0.39, 0.29) is 17.1 Å². The summed E-state index contributed by atoms with van der Waals surface area (Å²) >= 11 is 0. The minimum absolute atomic E-state index is 0.0527. The molecule has 1 aliphatic carbocycles. The van der Waals surface area contributed by atoms with Crippen LogP contribution < -0.4 is 10.2 Å². The molecule has 0 aromatic carbocycles. The first-order valence-corrected chi connectivity index (χ1v) is 7.94. The van der Waals surface area contributed by atoms with Gasteiger partial charge < -0.3 is 15.0 Å². The summed E-state index contributed by atoms with van der Waals surface area (Å²) in [4.78, 5) is 13.8. The third-order valence-electron chi connectivity index (χ3n) is 4.49. The Kier molecular flexibility index (Phi) is 3.80. The van der Waals surface area contributed by atoms with E-state index in [0.717, 1.165) is 31.7 Å². The molecule has 0 radical (unpaired) electrons. The van der Waals surface area contributed by atoms with Gasteiger partial charge in [-0.2, -0.15) is 0 Å². The highest BCUT2D eigenvalue weighted by atomic mass is 16.5. The summed E-state index contributed by atoms with van der Waals surface area (Å²) in [7, 11) is 1.59. The molecule has 6 heteroatoms. The lowest BCUT2D eigenvalue weighted by molar-refractivity contribution is -0.148. The topological polar surface area (TPSA) is 67.4 Å². The molecule has 2 fully saturated rings. The van der Waals surface area contributed by atoms with Gasteiger partial charge >= 0.3 is 0 Å². The van der Waals surface area contributed by atoms with E-state index in [2.05, 4.69) is 34.3 Å². The van der Waals surface area contributed by atoms with Crippen LogP contribution >= 0.6 is 0 Å². The van der Waals surface area contributed by atoms with Gasteiger partial charge in [0.15, 0.2) is 11.5 Å². The molecule has 1 aromatic heterocycles. The third-order valence-corrected chi connectivity index (χ3v) is 4.49. The Balaban J connectivity index is 1.82. The normalized spacial score (nSPS) is 22.8. The molecule has 1 aliphatic heterocycles. The Morgan fingerprint density at radius 1 is 1.23 bits per heavy atom. The van der Waals surface area contributed by atoms with E-state index in [0.29, 0.717) is 5.69 Å². The van der Waals surface area contributed by atoms with Crippen molar-refractivity contribution >= 4 is 11.7 Å². The van der Waals surface area contributed by atoms with E-state index in [1.807, 2.05) is 6.07 Å². The maximum atomic E-state index is 11.6. The number of anilines is 1. The number of nitrogens with zero attached hydrogens (tertiary/aromatic N) is 3. The number of hydrogen-bond donors (Lipinski definition) is 1. The second-order valence-corrected chi connectivity index (χ2v) is 6.96. The van der Waals surface area contributed by atoms with Crippen LogP contribution in [0, 0.1) is 0 Å². The van der Waals surface area contributed by atoms with Crippen LogP contribution in [0.5, 0.6) is 0 Å². The molecule has 0 bridgehead atoms. The molecule has 0 atom stereocenters. The largest absolute Gasteiger partial charge is 0.365 e. The summed E-state index contributed by atoms with van der Waals surface area (Å²) in [5.41, 5.74) is 0.0847. The van der Waals surface area contributed by atoms with Gasteiger partial charge in [0.1, 0.15) is 0 Å². The second-order valence-electron chi connectivity index (χ2n) is 6.96. The van der Waals surface area contributed by atoms with Gasteiger partial charge in [-0.1, -0.05) is 12.8 Å². The Morgan fingerprint density at radius 2 is 1.95 bits per heavy atom. The smallest absolute Gasteiger partial charge is 0.271 e. The summed E-state index contributed by atoms with van der Waals surface area (Å²) in [5.74, 6) is 0.601. The number of morpholine rings is 1. The van der Waals surface area contributed by atoms with Crippen LogP contribution in [0.1, 0.15) is 50.0 Å². The number of nitrogens with one attached hydrogen (secondary N) is 1. The van der Waals surface area contributed by atoms with E-state index in [4.69, 9.17) is 4.74 Å². The first kappa shape index (κ1) is 15.2. The molecule has 3 rings (SSSR count). The van der Waals surface area contributed by atoms with Gasteiger partial charge in [-0.3, -0.25) is 4.79 Å². The van der Waals surface area contributed by atoms with Gasteiger partial charge in [0.05, 0.1) is 11.2 Å². The quantitative estimate of drug-likeness (QED) is 0.902. The van der Waals surface area contributed by atoms with Crippen molar-refractivity contribution in [2.24, 2.45) is 0 Å². The lowest BCUT2D eigenvalue weighted by Gasteiger charge is -2.49. The molecule has 6 nitrogen and oxygen atoms in total. The van der Waals surface area contributed by atoms with Crippen LogP contribution in [0.3, 0.4) is 0 Å². The van der Waals surface area contributed by atoms with Crippen molar-refractivity contribution in [1.82, 2.24) is 15.5 Å². The van der Waals surface area contributed by atoms with E-state index in [9.17, 15) is 4.79 Å². The molecule has 2 aliphatic rings. The molecule has 22 heavy (non-hydrogen) atoms. The van der Waals surface area contributed by atoms with Crippen LogP contribution in [0.15, 0.2) is 12.1 Å². The van der Waals surface area contributed by atoms with Crippen molar-refractivity contribution in [2.45, 2.75) is 50.7 Å². The van der Waals surface area contributed by atoms with Crippen molar-refractivity contribution in [3.8, 4) is 0 Å². The summed E-state index contributed by atoms with van der Waals surface area (Å²) < 4.78 is 6.40. The highest BCUT2D eigenvalue weighted by Crippen LogP contribution is 2.41. The van der Waals surface area contributed by atoms with Crippen LogP contribution in [0.25, 0.3) is 0 Å². The number of ether oxygens (including phenoxy) is 1. The van der Waals surface area contributed by atoms with Crippen LogP contribution in [0.2, 0.25) is 0 Å². The SMILES string of the molecule is CNC(=O)c1ccc(N2CC(C)(C)OC3(CCCC3)C2)nn1. The first-order chi connectivity index (χ1) is 10.4. The summed E-state index contributed by atoms with van der Waals surface area (Å²) in [6.45, 7) is 5.89. The number of amides is 1. The molecule has 1 N–H and O–H groups in total. The average molecular weight is 304 g/mol. The molecule has 1 saturated carbocycles. The van der Waals surface area contributed by atoms with E-state index >= 15 is 0 Å². The molecule has 2 heterocycles. The van der Waals surface area contributed by atoms with Gasteiger partial charge in [-0.15, -0.1) is 10.2 Å². The summed E-state index contributed by atoms with van der Waals surface area (Å²) in [6, 6.07) is 3.60. The van der Waals surface area contributed by atoms with E-state index in [1.165, 1.54) is 12.8 Å². The predicted octanol–water partition coefficient (Wildman–Crippen LogP) is 1.76. The molecule has 1 saturated heterocycles. The molecule has 0 unspecified atom stereocenters. The number of hydrogen-bond acceptors (Lipinski definition) is 5. The van der Waals surface area contributed by atoms with Gasteiger partial charge in [-0.25, -0.2) is 0 Å². The zero-order valence-corrected chi connectivity index (χ0v) is 13.6. The highest BCUT2D eigenvalue weighted by molar-refractivity contribution is 5.91. The van der Waals surface area contributed by atoms with Crippen molar-refractivity contribution in [3.63, 3.8) is 0 Å². The van der Waals surface area contributed by atoms with Crippen molar-refractivity contribution < 1.29 is 9.53 Å². The van der Waals surface area contributed by atoms with E-state index in [1.54, 1.807) is 13.1 Å². The number of aromatic nitrogens is 2. The fraction of sp³-hybridized carbons (Fsp3) is 0.688. The fourth-order valence-electron chi connectivity index (χ4n) is 3.70. The minimum atomic E-state index is -0.214. The summed E-state index contributed by atoms with van der Waals surface area (Å²) in [5, 5.41) is 10.9. The third kappa shape index (κ3) is 2.92. The number of carbonyl (C=O) groups excluding carboxylic acids is 1. The predicted molar refractivity (Wildman–Crippen MR) is 84.0 cm³/mol. The Hall–Kier alpha value is -1.69. The second kappa shape index (κ2) is 5.50. The van der Waals surface area contributed by atoms with Crippen molar-refractivity contribution in [3.05, 3.63) is 17.8 Å². The Labute approximate surface area is 131 Å². The fourth-order valence-corrected chi connectivity index (χ4v) is 3.70. The monoisotopic (exact) mass is 304 g/mol. The van der Waals surface area contributed by atoms with Crippen LogP contribution in [-0.4, -0.2) is 47.4 Å². The van der Waals surface area contributed by atoms with Gasteiger partial charge in [0, 0.05) is 20.1 Å². The molecule has 1 amide bonds. The molecule has 1 spiro atoms. The molecular weight excluding hydrogens is 280 g/mol. The summed E-state index contributed by atoms with van der Waals surface area (Å²) in [6.07, 6.45) is 4.67. The van der Waals surface area contributed by atoms with Gasteiger partial charge in [-0.05, 0) is 38.8 Å². The van der Waals surface area contributed by atoms with Crippen molar-refractivity contribution in [1.29, 1.82) is 0 Å². The highest BCUT2D eigenvalue weighted by Gasteiger charge is 2.46. The van der Waals surface area contributed by atoms with Crippen molar-refractivity contribution in [2.75, 3.05) is 25.0 Å².